The number of imide groups is 2. The van der Waals surface area contributed by atoms with E-state index < -0.39 is 51.2 Å². The van der Waals surface area contributed by atoms with E-state index in [1.54, 1.807) is 6.07 Å². The van der Waals surface area contributed by atoms with Crippen LogP contribution in [0.5, 0.6) is 11.5 Å². The summed E-state index contributed by atoms with van der Waals surface area (Å²) >= 11 is 21.0. The summed E-state index contributed by atoms with van der Waals surface area (Å²) in [7, 11) is 1.37. The number of phenols is 1. The third-order valence-electron chi connectivity index (χ3n) is 8.98. The fourth-order valence-electron chi connectivity index (χ4n) is 7.05. The molecule has 0 aromatic heterocycles. The highest BCUT2D eigenvalue weighted by Crippen LogP contribution is 2.66. The molecule has 6 atom stereocenters. The number of alkyl halides is 3. The number of carboxylic acid groups (broad SMARTS) is 1. The first-order valence-corrected chi connectivity index (χ1v) is 16.1. The van der Waals surface area contributed by atoms with Crippen LogP contribution >= 0.6 is 55.1 Å². The molecule has 226 valence electrons. The van der Waals surface area contributed by atoms with Gasteiger partial charge >= 0.3 is 5.97 Å². The van der Waals surface area contributed by atoms with Crippen molar-refractivity contribution in [1.82, 2.24) is 9.80 Å². The number of carbonyl (C=O) groups is 5. The van der Waals surface area contributed by atoms with Crippen molar-refractivity contribution in [3.63, 3.8) is 0 Å². The fourth-order valence-corrected chi connectivity index (χ4v) is 8.94. The number of halogens is 4. The Bertz CT molecular complexity index is 1420. The van der Waals surface area contributed by atoms with Crippen molar-refractivity contribution in [3.05, 3.63) is 33.8 Å². The Morgan fingerprint density at radius 1 is 1.07 bits per heavy atom. The highest BCUT2D eigenvalue weighted by Gasteiger charge is 2.76. The van der Waals surface area contributed by atoms with E-state index in [9.17, 15) is 29.1 Å². The van der Waals surface area contributed by atoms with E-state index >= 15 is 0 Å². The number of fused-ring (bicyclic) bond motifs is 4. The molecule has 14 heteroatoms. The van der Waals surface area contributed by atoms with Gasteiger partial charge in [-0.05, 0) is 65.2 Å². The van der Waals surface area contributed by atoms with Crippen LogP contribution in [0.2, 0.25) is 0 Å². The van der Waals surface area contributed by atoms with E-state index in [-0.39, 0.29) is 59.0 Å². The molecule has 1 aromatic rings. The predicted molar refractivity (Wildman–Crippen MR) is 159 cm³/mol. The van der Waals surface area contributed by atoms with Crippen molar-refractivity contribution in [1.29, 1.82) is 0 Å². The summed E-state index contributed by atoms with van der Waals surface area (Å²) in [5.74, 6) is -6.16. The van der Waals surface area contributed by atoms with Crippen molar-refractivity contribution in [2.45, 2.75) is 54.2 Å². The first kappa shape index (κ1) is 31.3. The number of ether oxygens (including phenoxy) is 1. The lowest BCUT2D eigenvalue weighted by Gasteiger charge is -2.50. The number of aliphatic carboxylic acids is 1. The Kier molecular flexibility index (Phi) is 8.50. The summed E-state index contributed by atoms with van der Waals surface area (Å²) in [6.07, 6.45) is 3.40. The zero-order valence-corrected chi connectivity index (χ0v) is 27.1. The number of benzene rings is 1. The molecule has 4 aliphatic rings. The molecule has 0 bridgehead atoms. The van der Waals surface area contributed by atoms with Gasteiger partial charge in [-0.1, -0.05) is 34.0 Å². The molecule has 1 aromatic carbocycles. The Balaban J connectivity index is 1.57. The molecule has 4 amide bonds. The number of hydrogen-bond donors (Lipinski definition) is 2. The second-order valence-corrected chi connectivity index (χ2v) is 13.7. The number of nitrogens with zero attached hydrogens (tertiary/aromatic N) is 2. The van der Waals surface area contributed by atoms with Crippen LogP contribution in [-0.4, -0.2) is 78.5 Å². The van der Waals surface area contributed by atoms with Gasteiger partial charge in [0.15, 0.2) is 21.2 Å². The summed E-state index contributed by atoms with van der Waals surface area (Å²) in [5, 5.41) is 19.4. The molecule has 0 radical (unpaired) electrons. The molecule has 2 N–H and O–H groups in total. The fraction of sp³-hybridized carbons (Fsp3) is 0.536. The Morgan fingerprint density at radius 2 is 1.79 bits per heavy atom. The molecule has 0 spiro atoms. The van der Waals surface area contributed by atoms with E-state index in [4.69, 9.17) is 33.0 Å². The van der Waals surface area contributed by atoms with Crippen LogP contribution in [-0.2, 0) is 24.0 Å². The third-order valence-corrected chi connectivity index (χ3v) is 11.5. The molecule has 2 aliphatic carbocycles. The molecule has 1 saturated carbocycles. The van der Waals surface area contributed by atoms with Crippen molar-refractivity contribution in [2.75, 3.05) is 19.1 Å². The highest BCUT2D eigenvalue weighted by molar-refractivity contribution is 9.10. The smallest absolute Gasteiger partial charge is 0.303 e. The van der Waals surface area contributed by atoms with E-state index in [2.05, 4.69) is 31.9 Å². The van der Waals surface area contributed by atoms with E-state index in [1.807, 2.05) is 6.08 Å². The number of likely N-dealkylation sites (tertiary alicyclic amines) is 2. The van der Waals surface area contributed by atoms with Gasteiger partial charge in [-0.25, -0.2) is 0 Å². The first-order valence-electron chi connectivity index (χ1n) is 13.5. The summed E-state index contributed by atoms with van der Waals surface area (Å²) in [4.78, 5) is 64.0. The van der Waals surface area contributed by atoms with Gasteiger partial charge in [0.1, 0.15) is 0 Å². The molecular weight excluding hydrogens is 723 g/mol. The van der Waals surface area contributed by atoms with Crippen LogP contribution in [0, 0.1) is 17.8 Å². The molecule has 2 saturated heterocycles. The maximum absolute atomic E-state index is 13.9. The van der Waals surface area contributed by atoms with Gasteiger partial charge in [-0.15, -0.1) is 23.2 Å². The number of allylic oxidation sites excluding steroid dienone is 2. The molecule has 6 unspecified atom stereocenters. The standard InChI is InChI=1S/C28H28Br2Cl2N2O8/c1-42-18-10-13(9-17(30)22(18)37)21-14-6-7-15-20(24(39)33(23(15)38)8-4-2-3-5-19(35)36)16(14)11-27(31)25(40)34(12-29)26(41)28(21,27)32/h6,9-10,15-16,20-21,37H,2-5,7-8,11-12H2,1H3,(H,35,36). The largest absolute Gasteiger partial charge is 0.503 e. The summed E-state index contributed by atoms with van der Waals surface area (Å²) in [6, 6.07) is 3.11. The van der Waals surface area contributed by atoms with Gasteiger partial charge in [0.05, 0.1) is 28.9 Å². The van der Waals surface area contributed by atoms with Crippen LogP contribution < -0.4 is 4.74 Å². The van der Waals surface area contributed by atoms with Gasteiger partial charge in [-0.2, -0.15) is 0 Å². The summed E-state index contributed by atoms with van der Waals surface area (Å²) < 4.78 is 5.62. The van der Waals surface area contributed by atoms with Gasteiger partial charge in [0.25, 0.3) is 11.8 Å². The Labute approximate surface area is 268 Å². The number of carbonyl (C=O) groups excluding carboxylic acids is 4. The second kappa shape index (κ2) is 11.4. The van der Waals surface area contributed by atoms with Crippen molar-refractivity contribution in [2.24, 2.45) is 17.8 Å². The van der Waals surface area contributed by atoms with Crippen molar-refractivity contribution >= 4 is 84.7 Å². The van der Waals surface area contributed by atoms with Crippen molar-refractivity contribution in [3.8, 4) is 11.5 Å². The monoisotopic (exact) mass is 748 g/mol. The lowest BCUT2D eigenvalue weighted by atomic mass is 9.56. The molecular formula is C28H28Br2Cl2N2O8. The molecule has 3 fully saturated rings. The molecule has 2 aliphatic heterocycles. The zero-order valence-electron chi connectivity index (χ0n) is 22.4. The molecule has 42 heavy (non-hydrogen) atoms. The number of phenolic OH excluding ortho intramolecular Hbond substituents is 1. The van der Waals surface area contributed by atoms with Gasteiger partial charge in [0, 0.05) is 18.9 Å². The normalized spacial score (nSPS) is 32.1. The minimum Gasteiger partial charge on any atom is -0.503 e. The number of hydrogen-bond acceptors (Lipinski definition) is 7. The summed E-state index contributed by atoms with van der Waals surface area (Å²) in [5.41, 5.74) is 0.936. The van der Waals surface area contributed by atoms with Crippen molar-refractivity contribution < 1.29 is 38.9 Å². The minimum atomic E-state index is -1.97. The number of rotatable bonds is 9. The predicted octanol–water partition coefficient (Wildman–Crippen LogP) is 4.52. The third kappa shape index (κ3) is 4.50. The zero-order chi connectivity index (χ0) is 30.7. The number of carboxylic acids is 1. The maximum atomic E-state index is 13.9. The van der Waals surface area contributed by atoms with E-state index in [0.29, 0.717) is 30.4 Å². The van der Waals surface area contributed by atoms with E-state index in [1.165, 1.54) is 18.1 Å². The number of aromatic hydroxyl groups is 1. The molecule has 5 rings (SSSR count). The minimum absolute atomic E-state index is 0.0121. The topological polar surface area (TPSA) is 142 Å². The molecule has 2 heterocycles. The van der Waals surface area contributed by atoms with Gasteiger partial charge in [-0.3, -0.25) is 33.8 Å². The number of unbranched alkanes of at least 4 members (excludes halogenated alkanes) is 2. The molecule has 10 nitrogen and oxygen atoms in total. The van der Waals surface area contributed by atoms with Crippen LogP contribution in [0.15, 0.2) is 28.3 Å². The SMILES string of the molecule is COc1cc(C2C3=CCC4C(=O)N(CCCCCC(=O)O)C(=O)C4C3CC3(Cl)C(=O)N(CBr)C(=O)C23Cl)cc(Br)c1O. The first-order chi connectivity index (χ1) is 19.8. The second-order valence-electron chi connectivity index (χ2n) is 11.1. The Hall–Kier alpha value is -2.15. The average molecular weight is 751 g/mol. The van der Waals surface area contributed by atoms with Crippen LogP contribution in [0.3, 0.4) is 0 Å². The van der Waals surface area contributed by atoms with Crippen LogP contribution in [0.25, 0.3) is 0 Å². The Morgan fingerprint density at radius 3 is 2.43 bits per heavy atom. The number of amides is 4. The summed E-state index contributed by atoms with van der Waals surface area (Å²) in [6.45, 7) is 0.165. The quantitative estimate of drug-likeness (QED) is 0.124. The van der Waals surface area contributed by atoms with Crippen LogP contribution in [0.4, 0.5) is 0 Å². The van der Waals surface area contributed by atoms with Gasteiger partial charge < -0.3 is 14.9 Å². The lowest BCUT2D eigenvalue weighted by molar-refractivity contribution is -0.141. The number of methoxy groups -OCH3 is 1. The van der Waals surface area contributed by atoms with Crippen LogP contribution in [0.1, 0.15) is 50.0 Å². The lowest BCUT2D eigenvalue weighted by Crippen LogP contribution is -2.60. The average Bonchev–Trinajstić information content (AvgIpc) is 3.27. The maximum Gasteiger partial charge on any atom is 0.303 e. The van der Waals surface area contributed by atoms with Gasteiger partial charge in [0.2, 0.25) is 11.8 Å². The highest BCUT2D eigenvalue weighted by atomic mass is 79.9. The van der Waals surface area contributed by atoms with E-state index in [0.717, 1.165) is 4.90 Å².